The van der Waals surface area contributed by atoms with Crippen LogP contribution in [0.25, 0.3) is 0 Å². The van der Waals surface area contributed by atoms with Gasteiger partial charge in [0.05, 0.1) is 12.4 Å². The maximum atomic E-state index is 12.7. The van der Waals surface area contributed by atoms with Crippen LogP contribution in [0.1, 0.15) is 38.5 Å². The smallest absolute Gasteiger partial charge is 0.316 e. The Morgan fingerprint density at radius 1 is 1.38 bits per heavy atom. The topological polar surface area (TPSA) is 64.1 Å². The van der Waals surface area contributed by atoms with Crippen molar-refractivity contribution in [3.05, 3.63) is 30.9 Å². The van der Waals surface area contributed by atoms with Gasteiger partial charge in [0, 0.05) is 12.5 Å². The zero-order valence-electron chi connectivity index (χ0n) is 11.9. The van der Waals surface area contributed by atoms with E-state index in [4.69, 9.17) is 4.74 Å². The minimum absolute atomic E-state index is 0.0248. The fourth-order valence-corrected chi connectivity index (χ4v) is 2.37. The highest BCUT2D eigenvalue weighted by Crippen LogP contribution is 2.22. The van der Waals surface area contributed by atoms with Crippen molar-refractivity contribution < 1.29 is 13.9 Å². The molecule has 1 aromatic heterocycles. The van der Waals surface area contributed by atoms with Crippen LogP contribution in [-0.4, -0.2) is 28.0 Å². The molecule has 2 rings (SSSR count). The van der Waals surface area contributed by atoms with Crippen molar-refractivity contribution in [1.82, 2.24) is 15.3 Å². The number of nitrogens with one attached hydrogen (secondary N) is 1. The summed E-state index contributed by atoms with van der Waals surface area (Å²) in [5.74, 6) is -0.408. The number of halogens is 1. The summed E-state index contributed by atoms with van der Waals surface area (Å²) in [7, 11) is 0. The first-order valence-electron chi connectivity index (χ1n) is 7.22. The average molecular weight is 293 g/mol. The van der Waals surface area contributed by atoms with Crippen LogP contribution in [0, 0.1) is 5.82 Å². The molecule has 0 aliphatic heterocycles. The summed E-state index contributed by atoms with van der Waals surface area (Å²) in [4.78, 5) is 19.2. The Labute approximate surface area is 123 Å². The largest absolute Gasteiger partial charge is 0.460 e. The van der Waals surface area contributed by atoms with Gasteiger partial charge in [0.15, 0.2) is 5.82 Å². The second kappa shape index (κ2) is 7.71. The van der Waals surface area contributed by atoms with Crippen LogP contribution in [0.15, 0.2) is 25.0 Å². The Balaban J connectivity index is 1.71. The lowest BCUT2D eigenvalue weighted by Crippen LogP contribution is -2.39. The van der Waals surface area contributed by atoms with Crippen LogP contribution >= 0.6 is 0 Å². The summed E-state index contributed by atoms with van der Waals surface area (Å²) in [5.41, 5.74) is 0. The lowest BCUT2D eigenvalue weighted by atomic mass is 9.93. The van der Waals surface area contributed by atoms with Crippen molar-refractivity contribution in [2.24, 2.45) is 0 Å². The van der Waals surface area contributed by atoms with Gasteiger partial charge < -0.3 is 10.1 Å². The van der Waals surface area contributed by atoms with Gasteiger partial charge >= 0.3 is 6.01 Å². The minimum atomic E-state index is -0.478. The van der Waals surface area contributed by atoms with Gasteiger partial charge in [-0.25, -0.2) is 14.4 Å². The van der Waals surface area contributed by atoms with Crippen LogP contribution in [0.2, 0.25) is 0 Å². The molecule has 1 saturated carbocycles. The van der Waals surface area contributed by atoms with Crippen LogP contribution in [-0.2, 0) is 4.79 Å². The number of carbonyl (C=O) groups excluding carboxylic acids is 1. The van der Waals surface area contributed by atoms with E-state index in [1.54, 1.807) is 6.08 Å². The molecule has 114 valence electrons. The lowest BCUT2D eigenvalue weighted by molar-refractivity contribution is -0.122. The van der Waals surface area contributed by atoms with Gasteiger partial charge in [0.2, 0.25) is 5.91 Å². The quantitative estimate of drug-likeness (QED) is 0.818. The molecule has 6 heteroatoms. The highest BCUT2D eigenvalue weighted by atomic mass is 19.1. The standard InChI is InChI=1S/C15H20FN3O2/c1-2-3-4-14(20)19-12-5-7-13(8-6-12)21-15-17-9-11(16)10-18-15/h2,9-10,12-13H,1,3-8H2,(H,19,20). The number of ether oxygens (including phenoxy) is 1. The third-order valence-electron chi connectivity index (χ3n) is 3.48. The molecule has 0 spiro atoms. The maximum Gasteiger partial charge on any atom is 0.316 e. The van der Waals surface area contributed by atoms with Gasteiger partial charge in [0.25, 0.3) is 0 Å². The molecule has 1 aliphatic rings. The van der Waals surface area contributed by atoms with E-state index in [0.717, 1.165) is 38.1 Å². The van der Waals surface area contributed by atoms with E-state index in [1.165, 1.54) is 0 Å². The number of carbonyl (C=O) groups is 1. The lowest BCUT2D eigenvalue weighted by Gasteiger charge is -2.28. The van der Waals surface area contributed by atoms with E-state index in [-0.39, 0.29) is 24.1 Å². The second-order valence-electron chi connectivity index (χ2n) is 5.17. The molecule has 1 amide bonds. The van der Waals surface area contributed by atoms with E-state index < -0.39 is 5.82 Å². The number of hydrogen-bond acceptors (Lipinski definition) is 4. The zero-order chi connectivity index (χ0) is 15.1. The Hall–Kier alpha value is -1.98. The molecule has 1 fully saturated rings. The van der Waals surface area contributed by atoms with Crippen molar-refractivity contribution >= 4 is 5.91 Å². The molecule has 0 bridgehead atoms. The summed E-state index contributed by atoms with van der Waals surface area (Å²) in [6.07, 6.45) is 8.53. The second-order valence-corrected chi connectivity index (χ2v) is 5.17. The van der Waals surface area contributed by atoms with Gasteiger partial charge in [-0.2, -0.15) is 0 Å². The molecule has 1 N–H and O–H groups in total. The Bertz CT molecular complexity index is 470. The number of rotatable bonds is 6. The molecule has 0 radical (unpaired) electrons. The van der Waals surface area contributed by atoms with Gasteiger partial charge in [-0.3, -0.25) is 4.79 Å². The zero-order valence-corrected chi connectivity index (χ0v) is 11.9. The Kier molecular flexibility index (Phi) is 5.66. The first kappa shape index (κ1) is 15.4. The fraction of sp³-hybridized carbons (Fsp3) is 0.533. The molecule has 0 atom stereocenters. The predicted molar refractivity (Wildman–Crippen MR) is 76.2 cm³/mol. The summed E-state index contributed by atoms with van der Waals surface area (Å²) in [6.45, 7) is 3.60. The van der Waals surface area contributed by atoms with E-state index in [1.807, 2.05) is 0 Å². The minimum Gasteiger partial charge on any atom is -0.460 e. The van der Waals surface area contributed by atoms with Crippen LogP contribution in [0.4, 0.5) is 4.39 Å². The molecular formula is C15H20FN3O2. The third kappa shape index (κ3) is 5.13. The number of nitrogens with zero attached hydrogens (tertiary/aromatic N) is 2. The molecule has 0 aromatic carbocycles. The van der Waals surface area contributed by atoms with E-state index in [0.29, 0.717) is 12.8 Å². The van der Waals surface area contributed by atoms with Gasteiger partial charge in [-0.05, 0) is 32.1 Å². The summed E-state index contributed by atoms with van der Waals surface area (Å²) in [6, 6.07) is 0.408. The normalized spacial score (nSPS) is 21.6. The molecule has 1 aromatic rings. The highest BCUT2D eigenvalue weighted by molar-refractivity contribution is 5.76. The molecule has 21 heavy (non-hydrogen) atoms. The number of allylic oxidation sites excluding steroid dienone is 1. The summed E-state index contributed by atoms with van der Waals surface area (Å²) >= 11 is 0. The summed E-state index contributed by atoms with van der Waals surface area (Å²) < 4.78 is 18.3. The predicted octanol–water partition coefficient (Wildman–Crippen LogP) is 2.39. The molecular weight excluding hydrogens is 273 g/mol. The van der Waals surface area contributed by atoms with Gasteiger partial charge in [-0.1, -0.05) is 6.08 Å². The van der Waals surface area contributed by atoms with Crippen LogP contribution in [0.3, 0.4) is 0 Å². The summed E-state index contributed by atoms with van der Waals surface area (Å²) in [5, 5.41) is 3.02. The molecule has 1 aliphatic carbocycles. The number of amides is 1. The Morgan fingerprint density at radius 2 is 2.05 bits per heavy atom. The third-order valence-corrected chi connectivity index (χ3v) is 3.48. The fourth-order valence-electron chi connectivity index (χ4n) is 2.37. The monoisotopic (exact) mass is 293 g/mol. The first-order chi connectivity index (χ1) is 10.2. The van der Waals surface area contributed by atoms with E-state index >= 15 is 0 Å². The molecule has 5 nitrogen and oxygen atoms in total. The van der Waals surface area contributed by atoms with Crippen molar-refractivity contribution in [3.63, 3.8) is 0 Å². The first-order valence-corrected chi connectivity index (χ1v) is 7.22. The average Bonchev–Trinajstić information content (AvgIpc) is 2.49. The van der Waals surface area contributed by atoms with Gasteiger partial charge in [-0.15, -0.1) is 6.58 Å². The van der Waals surface area contributed by atoms with Gasteiger partial charge in [0.1, 0.15) is 6.10 Å². The van der Waals surface area contributed by atoms with Crippen LogP contribution in [0.5, 0.6) is 6.01 Å². The molecule has 0 unspecified atom stereocenters. The van der Waals surface area contributed by atoms with Crippen molar-refractivity contribution in [2.45, 2.75) is 50.7 Å². The van der Waals surface area contributed by atoms with Crippen molar-refractivity contribution in [2.75, 3.05) is 0 Å². The Morgan fingerprint density at radius 3 is 2.67 bits per heavy atom. The van der Waals surface area contributed by atoms with Crippen molar-refractivity contribution in [3.8, 4) is 6.01 Å². The van der Waals surface area contributed by atoms with Crippen molar-refractivity contribution in [1.29, 1.82) is 0 Å². The molecule has 1 heterocycles. The van der Waals surface area contributed by atoms with Crippen LogP contribution < -0.4 is 10.1 Å². The highest BCUT2D eigenvalue weighted by Gasteiger charge is 2.24. The number of hydrogen-bond donors (Lipinski definition) is 1. The van der Waals surface area contributed by atoms with E-state index in [9.17, 15) is 9.18 Å². The SMILES string of the molecule is C=CCCC(=O)NC1CCC(Oc2ncc(F)cn2)CC1. The van der Waals surface area contributed by atoms with E-state index in [2.05, 4.69) is 21.9 Å². The maximum absolute atomic E-state index is 12.7. The molecule has 0 saturated heterocycles. The number of aromatic nitrogens is 2.